The first-order chi connectivity index (χ1) is 12.9. The second kappa shape index (κ2) is 8.10. The summed E-state index contributed by atoms with van der Waals surface area (Å²) in [5, 5.41) is 0. The number of hydrogen-bond donors (Lipinski definition) is 0. The summed E-state index contributed by atoms with van der Waals surface area (Å²) in [6, 6.07) is 12.5. The van der Waals surface area contributed by atoms with Crippen molar-refractivity contribution in [2.24, 2.45) is 5.92 Å². The van der Waals surface area contributed by atoms with E-state index in [0.717, 1.165) is 12.8 Å². The molecule has 0 saturated carbocycles. The van der Waals surface area contributed by atoms with Gasteiger partial charge in [-0.25, -0.2) is 13.2 Å². The van der Waals surface area contributed by atoms with Crippen LogP contribution in [0.2, 0.25) is 0 Å². The van der Waals surface area contributed by atoms with Gasteiger partial charge in [0.05, 0.1) is 17.6 Å². The van der Waals surface area contributed by atoms with Crippen molar-refractivity contribution in [2.45, 2.75) is 24.7 Å². The summed E-state index contributed by atoms with van der Waals surface area (Å²) in [6.07, 6.45) is 1.73. The molecule has 0 aromatic heterocycles. The van der Waals surface area contributed by atoms with Crippen molar-refractivity contribution < 1.29 is 22.7 Å². The highest BCUT2D eigenvalue weighted by Gasteiger charge is 2.28. The van der Waals surface area contributed by atoms with Crippen LogP contribution in [0, 0.1) is 5.92 Å². The Morgan fingerprint density at radius 1 is 0.963 bits per heavy atom. The molecule has 2 aromatic rings. The van der Waals surface area contributed by atoms with Gasteiger partial charge in [0.1, 0.15) is 11.5 Å². The van der Waals surface area contributed by atoms with E-state index in [9.17, 15) is 13.2 Å². The number of nitrogens with zero attached hydrogens (tertiary/aromatic N) is 1. The first-order valence-corrected chi connectivity index (χ1v) is 10.3. The zero-order valence-electron chi connectivity index (χ0n) is 15.4. The minimum absolute atomic E-state index is 0.193. The maximum Gasteiger partial charge on any atom is 0.343 e. The highest BCUT2D eigenvalue weighted by atomic mass is 32.2. The van der Waals surface area contributed by atoms with Crippen LogP contribution < -0.4 is 9.47 Å². The maximum absolute atomic E-state index is 12.7. The fourth-order valence-corrected chi connectivity index (χ4v) is 4.42. The average Bonchev–Trinajstić information content (AvgIpc) is 2.69. The van der Waals surface area contributed by atoms with Crippen LogP contribution >= 0.6 is 0 Å². The van der Waals surface area contributed by atoms with E-state index >= 15 is 0 Å². The topological polar surface area (TPSA) is 72.9 Å². The van der Waals surface area contributed by atoms with Gasteiger partial charge in [-0.3, -0.25) is 0 Å². The van der Waals surface area contributed by atoms with Gasteiger partial charge in [0.25, 0.3) is 0 Å². The third-order valence-corrected chi connectivity index (χ3v) is 6.65. The van der Waals surface area contributed by atoms with Crippen molar-refractivity contribution in [3.8, 4) is 11.5 Å². The summed E-state index contributed by atoms with van der Waals surface area (Å²) in [6.45, 7) is 3.20. The van der Waals surface area contributed by atoms with Crippen LogP contribution in [0.25, 0.3) is 0 Å². The highest BCUT2D eigenvalue weighted by Crippen LogP contribution is 2.24. The van der Waals surface area contributed by atoms with Gasteiger partial charge in [-0.15, -0.1) is 0 Å². The molecule has 144 valence electrons. The van der Waals surface area contributed by atoms with Crippen LogP contribution in [0.15, 0.2) is 53.4 Å². The summed E-state index contributed by atoms with van der Waals surface area (Å²) < 4.78 is 37.3. The van der Waals surface area contributed by atoms with Crippen LogP contribution in [0.4, 0.5) is 0 Å². The first kappa shape index (κ1) is 19.4. The van der Waals surface area contributed by atoms with E-state index in [0.29, 0.717) is 30.5 Å². The molecule has 0 atom stereocenters. The fraction of sp³-hybridized carbons (Fsp3) is 0.350. The molecule has 0 N–H and O–H groups in total. The lowest BCUT2D eigenvalue weighted by Crippen LogP contribution is -2.37. The molecule has 27 heavy (non-hydrogen) atoms. The summed E-state index contributed by atoms with van der Waals surface area (Å²) in [5.74, 6) is 1.05. The standard InChI is InChI=1S/C20H23NO5S/c1-15-11-13-21(14-12-15)27(23,24)19-9-3-16(4-10-19)20(22)26-18-7-5-17(25-2)6-8-18/h3-10,15H,11-14H2,1-2H3. The molecule has 0 aliphatic carbocycles. The van der Waals surface area contributed by atoms with Crippen LogP contribution in [0.3, 0.4) is 0 Å². The Balaban J connectivity index is 1.69. The quantitative estimate of drug-likeness (QED) is 0.579. The maximum atomic E-state index is 12.7. The zero-order chi connectivity index (χ0) is 19.4. The van der Waals surface area contributed by atoms with Crippen LogP contribution in [-0.2, 0) is 10.0 Å². The zero-order valence-corrected chi connectivity index (χ0v) is 16.2. The number of methoxy groups -OCH3 is 1. The highest BCUT2D eigenvalue weighted by molar-refractivity contribution is 7.89. The van der Waals surface area contributed by atoms with Gasteiger partial charge in [0, 0.05) is 13.1 Å². The number of rotatable bonds is 5. The monoisotopic (exact) mass is 389 g/mol. The molecule has 6 nitrogen and oxygen atoms in total. The van der Waals surface area contributed by atoms with Crippen LogP contribution in [0.5, 0.6) is 11.5 Å². The molecule has 1 fully saturated rings. The Bertz CT molecular complexity index is 883. The molecule has 1 saturated heterocycles. The van der Waals surface area contributed by atoms with Gasteiger partial charge in [0.2, 0.25) is 10.0 Å². The molecular weight excluding hydrogens is 366 g/mol. The second-order valence-electron chi connectivity index (χ2n) is 6.68. The van der Waals surface area contributed by atoms with Crippen molar-refractivity contribution in [3.63, 3.8) is 0 Å². The Labute approximate surface area is 159 Å². The number of benzene rings is 2. The second-order valence-corrected chi connectivity index (χ2v) is 8.61. The van der Waals surface area contributed by atoms with Crippen molar-refractivity contribution in [1.82, 2.24) is 4.31 Å². The van der Waals surface area contributed by atoms with E-state index in [1.165, 1.54) is 28.6 Å². The van der Waals surface area contributed by atoms with E-state index in [-0.39, 0.29) is 10.5 Å². The molecule has 2 aromatic carbocycles. The Morgan fingerprint density at radius 3 is 2.07 bits per heavy atom. The lowest BCUT2D eigenvalue weighted by atomic mass is 10.0. The predicted octanol–water partition coefficient (Wildman–Crippen LogP) is 3.34. The molecule has 1 aliphatic rings. The molecule has 0 bridgehead atoms. The molecule has 0 radical (unpaired) electrons. The van der Waals surface area contributed by atoms with Gasteiger partial charge < -0.3 is 9.47 Å². The first-order valence-electron chi connectivity index (χ1n) is 8.86. The molecule has 0 unspecified atom stereocenters. The van der Waals surface area contributed by atoms with E-state index in [4.69, 9.17) is 9.47 Å². The van der Waals surface area contributed by atoms with Gasteiger partial charge in [-0.2, -0.15) is 4.31 Å². The van der Waals surface area contributed by atoms with Crippen molar-refractivity contribution in [1.29, 1.82) is 0 Å². The molecule has 0 spiro atoms. The SMILES string of the molecule is COc1ccc(OC(=O)c2ccc(S(=O)(=O)N3CCC(C)CC3)cc2)cc1. The van der Waals surface area contributed by atoms with Crippen LogP contribution in [-0.4, -0.2) is 38.9 Å². The number of carbonyl (C=O) groups excluding carboxylic acids is 1. The third-order valence-electron chi connectivity index (χ3n) is 4.74. The van der Waals surface area contributed by atoms with Gasteiger partial charge >= 0.3 is 5.97 Å². The van der Waals surface area contributed by atoms with Gasteiger partial charge in [0.15, 0.2) is 0 Å². The predicted molar refractivity (Wildman–Crippen MR) is 102 cm³/mol. The Hall–Kier alpha value is -2.38. The molecular formula is C20H23NO5S. The van der Waals surface area contributed by atoms with E-state index in [1.54, 1.807) is 31.4 Å². The summed E-state index contributed by atoms with van der Waals surface area (Å²) in [5.41, 5.74) is 0.289. The van der Waals surface area contributed by atoms with Crippen molar-refractivity contribution in [3.05, 3.63) is 54.1 Å². The lowest BCUT2D eigenvalue weighted by molar-refractivity contribution is 0.0734. The molecule has 0 amide bonds. The fourth-order valence-electron chi connectivity index (χ4n) is 2.95. The number of piperidine rings is 1. The third kappa shape index (κ3) is 4.48. The minimum atomic E-state index is -3.53. The lowest BCUT2D eigenvalue weighted by Gasteiger charge is -2.29. The Kier molecular flexibility index (Phi) is 5.82. The molecule has 7 heteroatoms. The van der Waals surface area contributed by atoms with Gasteiger partial charge in [-0.05, 0) is 67.3 Å². The largest absolute Gasteiger partial charge is 0.497 e. The summed E-state index contributed by atoms with van der Waals surface area (Å²) in [4.78, 5) is 12.4. The number of sulfonamides is 1. The molecule has 3 rings (SSSR count). The van der Waals surface area contributed by atoms with E-state index in [1.807, 2.05) is 0 Å². The van der Waals surface area contributed by atoms with E-state index in [2.05, 4.69) is 6.92 Å². The van der Waals surface area contributed by atoms with Gasteiger partial charge in [-0.1, -0.05) is 6.92 Å². The molecule has 1 aliphatic heterocycles. The summed E-state index contributed by atoms with van der Waals surface area (Å²) >= 11 is 0. The molecule has 1 heterocycles. The van der Waals surface area contributed by atoms with E-state index < -0.39 is 16.0 Å². The minimum Gasteiger partial charge on any atom is -0.497 e. The number of ether oxygens (including phenoxy) is 2. The summed E-state index contributed by atoms with van der Waals surface area (Å²) in [7, 11) is -1.97. The average molecular weight is 389 g/mol. The Morgan fingerprint density at radius 2 is 1.52 bits per heavy atom. The number of hydrogen-bond acceptors (Lipinski definition) is 5. The number of carbonyl (C=O) groups is 1. The van der Waals surface area contributed by atoms with Crippen molar-refractivity contribution >= 4 is 16.0 Å². The van der Waals surface area contributed by atoms with Crippen molar-refractivity contribution in [2.75, 3.05) is 20.2 Å². The smallest absolute Gasteiger partial charge is 0.343 e. The number of esters is 1. The normalized spacial score (nSPS) is 16.1. The van der Waals surface area contributed by atoms with Crippen LogP contribution in [0.1, 0.15) is 30.1 Å².